The summed E-state index contributed by atoms with van der Waals surface area (Å²) in [5, 5.41) is 18.4. The third kappa shape index (κ3) is 4.24. The maximum Gasteiger partial charge on any atom is 0.317 e. The Kier molecular flexibility index (Phi) is 4.78. The fourth-order valence-corrected chi connectivity index (χ4v) is 1.68. The highest BCUT2D eigenvalue weighted by molar-refractivity contribution is 6.32. The number of aromatic hydroxyl groups is 1. The number of halogens is 1. The third-order valence-corrected chi connectivity index (χ3v) is 2.77. The van der Waals surface area contributed by atoms with E-state index in [1.54, 1.807) is 12.1 Å². The minimum Gasteiger partial charge on any atom is -0.506 e. The number of nitrogens with zero attached hydrogens (tertiary/aromatic N) is 1. The van der Waals surface area contributed by atoms with E-state index in [4.69, 9.17) is 16.7 Å². The maximum absolute atomic E-state index is 10.7. The second kappa shape index (κ2) is 5.89. The van der Waals surface area contributed by atoms with E-state index in [0.717, 1.165) is 5.56 Å². The predicted octanol–water partition coefficient (Wildman–Crippen LogP) is 2.34. The summed E-state index contributed by atoms with van der Waals surface area (Å²) in [6.07, 6.45) is 0. The van der Waals surface area contributed by atoms with Crippen LogP contribution in [0.15, 0.2) is 18.2 Å². The number of hydrogen-bond acceptors (Lipinski definition) is 3. The standard InChI is InChI=1S/C12H16ClNO3/c1-8(2)14(7-12(16)17)6-9-3-4-11(15)10(13)5-9/h3-5,8,15H,6-7H2,1-2H3,(H,16,17). The van der Waals surface area contributed by atoms with Crippen LogP contribution in [-0.4, -0.2) is 33.7 Å². The van der Waals surface area contributed by atoms with Crippen LogP contribution in [0.1, 0.15) is 19.4 Å². The van der Waals surface area contributed by atoms with Crippen LogP contribution < -0.4 is 0 Å². The van der Waals surface area contributed by atoms with E-state index in [2.05, 4.69) is 0 Å². The van der Waals surface area contributed by atoms with Gasteiger partial charge >= 0.3 is 5.97 Å². The molecule has 1 aromatic rings. The van der Waals surface area contributed by atoms with Gasteiger partial charge in [0, 0.05) is 12.6 Å². The van der Waals surface area contributed by atoms with Gasteiger partial charge in [0.05, 0.1) is 11.6 Å². The summed E-state index contributed by atoms with van der Waals surface area (Å²) in [5.74, 6) is -0.826. The number of hydrogen-bond donors (Lipinski definition) is 2. The van der Waals surface area contributed by atoms with E-state index in [9.17, 15) is 9.90 Å². The highest BCUT2D eigenvalue weighted by atomic mass is 35.5. The van der Waals surface area contributed by atoms with Crippen molar-refractivity contribution in [3.63, 3.8) is 0 Å². The van der Waals surface area contributed by atoms with Crippen molar-refractivity contribution in [1.82, 2.24) is 4.90 Å². The van der Waals surface area contributed by atoms with Crippen molar-refractivity contribution in [2.75, 3.05) is 6.54 Å². The summed E-state index contributed by atoms with van der Waals surface area (Å²) < 4.78 is 0. The zero-order chi connectivity index (χ0) is 13.0. The number of carboxylic acid groups (broad SMARTS) is 1. The van der Waals surface area contributed by atoms with Gasteiger partial charge in [-0.15, -0.1) is 0 Å². The first kappa shape index (κ1) is 13.8. The van der Waals surface area contributed by atoms with E-state index >= 15 is 0 Å². The van der Waals surface area contributed by atoms with E-state index in [-0.39, 0.29) is 23.4 Å². The molecule has 0 unspecified atom stereocenters. The molecule has 0 aliphatic rings. The average molecular weight is 258 g/mol. The third-order valence-electron chi connectivity index (χ3n) is 2.47. The molecule has 94 valence electrons. The van der Waals surface area contributed by atoms with Gasteiger partial charge in [-0.05, 0) is 31.5 Å². The molecule has 0 amide bonds. The number of aliphatic carboxylic acids is 1. The van der Waals surface area contributed by atoms with Gasteiger partial charge in [-0.1, -0.05) is 17.7 Å². The van der Waals surface area contributed by atoms with Crippen molar-refractivity contribution < 1.29 is 15.0 Å². The van der Waals surface area contributed by atoms with Crippen LogP contribution in [-0.2, 0) is 11.3 Å². The quantitative estimate of drug-likeness (QED) is 0.850. The normalized spacial score (nSPS) is 11.1. The average Bonchev–Trinajstić information content (AvgIpc) is 2.21. The van der Waals surface area contributed by atoms with Crippen LogP contribution >= 0.6 is 11.6 Å². The molecule has 0 spiro atoms. The molecule has 0 saturated carbocycles. The van der Waals surface area contributed by atoms with Gasteiger partial charge in [-0.3, -0.25) is 9.69 Å². The molecular formula is C12H16ClNO3. The van der Waals surface area contributed by atoms with Crippen molar-refractivity contribution in [3.05, 3.63) is 28.8 Å². The second-order valence-electron chi connectivity index (χ2n) is 4.18. The van der Waals surface area contributed by atoms with Gasteiger partial charge in [0.15, 0.2) is 0 Å². The van der Waals surface area contributed by atoms with Crippen LogP contribution in [0.4, 0.5) is 0 Å². The number of benzene rings is 1. The van der Waals surface area contributed by atoms with Crippen molar-refractivity contribution >= 4 is 17.6 Å². The monoisotopic (exact) mass is 257 g/mol. The summed E-state index contributed by atoms with van der Waals surface area (Å²) in [7, 11) is 0. The second-order valence-corrected chi connectivity index (χ2v) is 4.59. The Hall–Kier alpha value is -1.26. The molecule has 2 N–H and O–H groups in total. The Labute approximate surface area is 105 Å². The van der Waals surface area contributed by atoms with Crippen LogP contribution in [0, 0.1) is 0 Å². The van der Waals surface area contributed by atoms with Gasteiger partial charge in [0.25, 0.3) is 0 Å². The highest BCUT2D eigenvalue weighted by Gasteiger charge is 2.14. The minimum atomic E-state index is -0.858. The molecule has 1 rings (SSSR count). The number of phenolic OH excluding ortho intramolecular Hbond substituents is 1. The molecule has 1 aromatic carbocycles. The van der Waals surface area contributed by atoms with Crippen molar-refractivity contribution in [3.8, 4) is 5.75 Å². The van der Waals surface area contributed by atoms with Crippen LogP contribution in [0.5, 0.6) is 5.75 Å². The lowest BCUT2D eigenvalue weighted by molar-refractivity contribution is -0.138. The topological polar surface area (TPSA) is 60.8 Å². The molecule has 5 heteroatoms. The molecule has 4 nitrogen and oxygen atoms in total. The molecule has 0 atom stereocenters. The molecule has 0 aromatic heterocycles. The van der Waals surface area contributed by atoms with Crippen molar-refractivity contribution in [1.29, 1.82) is 0 Å². The highest BCUT2D eigenvalue weighted by Crippen LogP contribution is 2.24. The zero-order valence-corrected chi connectivity index (χ0v) is 10.6. The molecular weight excluding hydrogens is 242 g/mol. The van der Waals surface area contributed by atoms with Crippen LogP contribution in [0.2, 0.25) is 5.02 Å². The summed E-state index contributed by atoms with van der Waals surface area (Å²) in [5.41, 5.74) is 0.878. The fourth-order valence-electron chi connectivity index (χ4n) is 1.48. The Bertz CT molecular complexity index is 407. The van der Waals surface area contributed by atoms with Gasteiger partial charge < -0.3 is 10.2 Å². The van der Waals surface area contributed by atoms with Gasteiger partial charge in [0.2, 0.25) is 0 Å². The molecule has 0 heterocycles. The number of rotatable bonds is 5. The van der Waals surface area contributed by atoms with Crippen molar-refractivity contribution in [2.24, 2.45) is 0 Å². The Morgan fingerprint density at radius 2 is 2.12 bits per heavy atom. The molecule has 0 radical (unpaired) electrons. The molecule has 0 aliphatic heterocycles. The smallest absolute Gasteiger partial charge is 0.317 e. The summed E-state index contributed by atoms with van der Waals surface area (Å²) in [4.78, 5) is 12.5. The lowest BCUT2D eigenvalue weighted by atomic mass is 10.2. The van der Waals surface area contributed by atoms with E-state index in [0.29, 0.717) is 6.54 Å². The first-order valence-corrected chi connectivity index (χ1v) is 5.71. The summed E-state index contributed by atoms with van der Waals surface area (Å²) in [6.45, 7) is 4.34. The SMILES string of the molecule is CC(C)N(CC(=O)O)Cc1ccc(O)c(Cl)c1. The van der Waals surface area contributed by atoms with E-state index < -0.39 is 5.97 Å². The number of phenols is 1. The van der Waals surface area contributed by atoms with Crippen LogP contribution in [0.25, 0.3) is 0 Å². The Balaban J connectivity index is 2.78. The minimum absolute atomic E-state index is 0.0177. The summed E-state index contributed by atoms with van der Waals surface area (Å²) in [6, 6.07) is 5.02. The Morgan fingerprint density at radius 3 is 2.59 bits per heavy atom. The van der Waals surface area contributed by atoms with E-state index in [1.165, 1.54) is 6.07 Å². The van der Waals surface area contributed by atoms with E-state index in [1.807, 2.05) is 18.7 Å². The molecule has 0 fully saturated rings. The Morgan fingerprint density at radius 1 is 1.47 bits per heavy atom. The van der Waals surface area contributed by atoms with Crippen molar-refractivity contribution in [2.45, 2.75) is 26.4 Å². The number of carbonyl (C=O) groups is 1. The molecule has 0 bridgehead atoms. The van der Waals surface area contributed by atoms with Gasteiger partial charge in [-0.25, -0.2) is 0 Å². The van der Waals surface area contributed by atoms with Gasteiger partial charge in [0.1, 0.15) is 5.75 Å². The molecule has 0 saturated heterocycles. The summed E-state index contributed by atoms with van der Waals surface area (Å²) >= 11 is 5.80. The lowest BCUT2D eigenvalue weighted by Gasteiger charge is -2.24. The first-order chi connectivity index (χ1) is 7.90. The molecule has 17 heavy (non-hydrogen) atoms. The maximum atomic E-state index is 10.7. The van der Waals surface area contributed by atoms with Crippen LogP contribution in [0.3, 0.4) is 0 Å². The molecule has 0 aliphatic carbocycles. The predicted molar refractivity (Wildman–Crippen MR) is 66.3 cm³/mol. The first-order valence-electron chi connectivity index (χ1n) is 5.33. The number of carboxylic acids is 1. The fraction of sp³-hybridized carbons (Fsp3) is 0.417. The zero-order valence-electron chi connectivity index (χ0n) is 9.85. The largest absolute Gasteiger partial charge is 0.506 e. The van der Waals surface area contributed by atoms with Gasteiger partial charge in [-0.2, -0.15) is 0 Å². The lowest BCUT2D eigenvalue weighted by Crippen LogP contribution is -2.35.